The summed E-state index contributed by atoms with van der Waals surface area (Å²) >= 11 is 0. The van der Waals surface area contributed by atoms with E-state index in [0.29, 0.717) is 29.5 Å². The molecule has 0 unspecified atom stereocenters. The molecule has 3 heterocycles. The van der Waals surface area contributed by atoms with E-state index >= 15 is 0 Å². The van der Waals surface area contributed by atoms with Gasteiger partial charge in [-0.2, -0.15) is 4.98 Å². The lowest BCUT2D eigenvalue weighted by atomic mass is 9.91. The fourth-order valence-corrected chi connectivity index (χ4v) is 5.09. The van der Waals surface area contributed by atoms with Crippen LogP contribution in [-0.4, -0.2) is 65.7 Å². The zero-order valence-corrected chi connectivity index (χ0v) is 20.1. The number of benzene rings is 1. The minimum absolute atomic E-state index is 0.00407. The molecule has 0 spiro atoms. The first-order valence-corrected chi connectivity index (χ1v) is 12.7. The number of aromatic nitrogens is 2. The highest BCUT2D eigenvalue weighted by Gasteiger charge is 2.25. The van der Waals surface area contributed by atoms with Crippen LogP contribution >= 0.6 is 0 Å². The number of carbonyl (C=O) groups is 1. The molecule has 5 N–H and O–H groups in total. The van der Waals surface area contributed by atoms with Crippen LogP contribution in [-0.2, 0) is 11.2 Å². The van der Waals surface area contributed by atoms with Crippen LogP contribution in [0.3, 0.4) is 0 Å². The summed E-state index contributed by atoms with van der Waals surface area (Å²) in [6, 6.07) is 5.95. The van der Waals surface area contributed by atoms with Gasteiger partial charge >= 0.3 is 5.69 Å². The number of nitrogens with zero attached hydrogens (tertiary/aromatic N) is 3. The Morgan fingerprint density at radius 1 is 1.17 bits per heavy atom. The van der Waals surface area contributed by atoms with Gasteiger partial charge in [-0.1, -0.05) is 6.07 Å². The highest BCUT2D eigenvalue weighted by Crippen LogP contribution is 2.41. The Kier molecular flexibility index (Phi) is 7.31. The van der Waals surface area contributed by atoms with Gasteiger partial charge in [-0.05, 0) is 56.3 Å². The second-order valence-corrected chi connectivity index (χ2v) is 9.74. The Morgan fingerprint density at radius 3 is 2.77 bits per heavy atom. The molecule has 2 aromatic rings. The topological polar surface area (TPSA) is 127 Å². The number of hydrogen-bond acceptors (Lipinski definition) is 8. The van der Waals surface area contributed by atoms with Gasteiger partial charge in [-0.3, -0.25) is 9.36 Å². The number of nitrogens with two attached hydrogens (primary N) is 1. The molecule has 1 aromatic heterocycles. The molecule has 0 atom stereocenters. The van der Waals surface area contributed by atoms with Gasteiger partial charge in [0.05, 0.1) is 18.3 Å². The lowest BCUT2D eigenvalue weighted by Gasteiger charge is -2.28. The predicted octanol–water partition coefficient (Wildman–Crippen LogP) is 1.49. The summed E-state index contributed by atoms with van der Waals surface area (Å²) < 4.78 is 7.74. The lowest BCUT2D eigenvalue weighted by Crippen LogP contribution is -2.44. The molecule has 1 amide bonds. The number of anilines is 2. The Hall–Kier alpha value is -2.95. The van der Waals surface area contributed by atoms with E-state index in [9.17, 15) is 9.59 Å². The monoisotopic (exact) mass is 481 g/mol. The molecule has 5 rings (SSSR count). The summed E-state index contributed by atoms with van der Waals surface area (Å²) in [4.78, 5) is 31.8. The van der Waals surface area contributed by atoms with Crippen molar-refractivity contribution >= 4 is 17.4 Å². The predicted molar refractivity (Wildman–Crippen MR) is 134 cm³/mol. The van der Waals surface area contributed by atoms with Crippen molar-refractivity contribution in [3.05, 3.63) is 40.4 Å². The normalized spacial score (nSPS) is 21.9. The summed E-state index contributed by atoms with van der Waals surface area (Å²) in [7, 11) is 0. The van der Waals surface area contributed by atoms with E-state index in [1.54, 1.807) is 10.8 Å². The van der Waals surface area contributed by atoms with Gasteiger partial charge in [0.2, 0.25) is 5.91 Å². The van der Waals surface area contributed by atoms with Crippen molar-refractivity contribution in [2.75, 3.05) is 44.6 Å². The number of piperazine rings is 1. The molecule has 0 radical (unpaired) electrons. The second-order valence-electron chi connectivity index (χ2n) is 9.74. The van der Waals surface area contributed by atoms with Crippen LogP contribution < -0.4 is 32.1 Å². The third kappa shape index (κ3) is 5.83. The van der Waals surface area contributed by atoms with Crippen LogP contribution in [0, 0.1) is 0 Å². The minimum atomic E-state index is -0.292. The molecule has 10 heteroatoms. The summed E-state index contributed by atoms with van der Waals surface area (Å²) in [6.07, 6.45) is 6.53. The summed E-state index contributed by atoms with van der Waals surface area (Å²) in [5.74, 6) is 1.58. The maximum atomic E-state index is 12.7. The number of ether oxygens (including phenoxy) is 1. The third-order valence-corrected chi connectivity index (χ3v) is 7.12. The van der Waals surface area contributed by atoms with Crippen LogP contribution in [0.4, 0.5) is 11.5 Å². The number of amides is 1. The molecular weight excluding hydrogens is 446 g/mol. The van der Waals surface area contributed by atoms with Crippen molar-refractivity contribution in [3.8, 4) is 11.5 Å². The Labute approximate surface area is 205 Å². The highest BCUT2D eigenvalue weighted by atomic mass is 16.5. The average molecular weight is 482 g/mol. The summed E-state index contributed by atoms with van der Waals surface area (Å²) in [5.41, 5.74) is 7.29. The van der Waals surface area contributed by atoms with Gasteiger partial charge in [-0.15, -0.1) is 0 Å². The zero-order valence-electron chi connectivity index (χ0n) is 20.1. The molecule has 2 aliphatic heterocycles. The van der Waals surface area contributed by atoms with Gasteiger partial charge < -0.3 is 31.3 Å². The molecule has 1 aliphatic carbocycles. The van der Waals surface area contributed by atoms with E-state index < -0.39 is 0 Å². The Morgan fingerprint density at radius 2 is 1.97 bits per heavy atom. The molecule has 1 saturated carbocycles. The van der Waals surface area contributed by atoms with Crippen LogP contribution in [0.15, 0.2) is 29.2 Å². The first-order chi connectivity index (χ1) is 17.0. The maximum Gasteiger partial charge on any atom is 0.350 e. The smallest absolute Gasteiger partial charge is 0.350 e. The molecule has 10 nitrogen and oxygen atoms in total. The first-order valence-electron chi connectivity index (χ1n) is 12.7. The highest BCUT2D eigenvalue weighted by molar-refractivity contribution is 5.80. The van der Waals surface area contributed by atoms with Gasteiger partial charge in [0.15, 0.2) is 17.3 Å². The number of carbonyl (C=O) groups excluding carboxylic acids is 1. The standard InChI is InChI=1S/C25H35N7O3/c26-18-3-5-19(6-4-18)32-16-22-24(30-25(32)34)29-20-14-17(2-7-21(20)35-22)15-23(33)28-8-1-11-31-12-9-27-10-13-31/h2,7,14,16,18-19,27H,1,3-6,8-13,15,26H2,(H,28,33)(H,29,30,34). The van der Waals surface area contributed by atoms with Gasteiger partial charge in [0.25, 0.3) is 0 Å². The maximum absolute atomic E-state index is 12.7. The molecule has 0 bridgehead atoms. The van der Waals surface area contributed by atoms with Crippen LogP contribution in [0.1, 0.15) is 43.7 Å². The van der Waals surface area contributed by atoms with E-state index in [-0.39, 0.29) is 30.1 Å². The van der Waals surface area contributed by atoms with Crippen LogP contribution in [0.2, 0.25) is 0 Å². The van der Waals surface area contributed by atoms with Crippen LogP contribution in [0.5, 0.6) is 11.5 Å². The average Bonchev–Trinajstić information content (AvgIpc) is 2.86. The van der Waals surface area contributed by atoms with Gasteiger partial charge in [0, 0.05) is 44.8 Å². The van der Waals surface area contributed by atoms with Crippen LogP contribution in [0.25, 0.3) is 0 Å². The molecule has 1 saturated heterocycles. The van der Waals surface area contributed by atoms with E-state index in [4.69, 9.17) is 10.5 Å². The van der Waals surface area contributed by atoms with E-state index in [0.717, 1.165) is 70.4 Å². The minimum Gasteiger partial charge on any atom is -0.450 e. The number of nitrogens with one attached hydrogen (secondary N) is 3. The SMILES string of the molecule is NC1CCC(n2cc3c(nc2=O)Nc2cc(CC(=O)NCCCN4CCNCC4)ccc2O3)CC1. The van der Waals surface area contributed by atoms with Crippen molar-refractivity contribution < 1.29 is 9.53 Å². The Balaban J connectivity index is 1.16. The molecular formula is C25H35N7O3. The van der Waals surface area contributed by atoms with Gasteiger partial charge in [0.1, 0.15) is 0 Å². The van der Waals surface area contributed by atoms with Gasteiger partial charge in [-0.25, -0.2) is 4.79 Å². The molecule has 2 fully saturated rings. The quantitative estimate of drug-likeness (QED) is 0.374. The van der Waals surface area contributed by atoms with Crippen molar-refractivity contribution in [1.82, 2.24) is 25.1 Å². The Bertz CT molecular complexity index is 1100. The summed E-state index contributed by atoms with van der Waals surface area (Å²) in [5, 5.41) is 9.57. The lowest BCUT2D eigenvalue weighted by molar-refractivity contribution is -0.120. The third-order valence-electron chi connectivity index (χ3n) is 7.12. The molecule has 188 valence electrons. The first kappa shape index (κ1) is 23.8. The fraction of sp³-hybridized carbons (Fsp3) is 0.560. The molecule has 35 heavy (non-hydrogen) atoms. The molecule has 3 aliphatic rings. The summed E-state index contributed by atoms with van der Waals surface area (Å²) in [6.45, 7) is 5.89. The fourth-order valence-electron chi connectivity index (χ4n) is 5.09. The van der Waals surface area contributed by atoms with Crippen molar-refractivity contribution in [2.45, 2.75) is 50.6 Å². The second kappa shape index (κ2) is 10.8. The van der Waals surface area contributed by atoms with Crippen molar-refractivity contribution in [2.24, 2.45) is 5.73 Å². The number of rotatable bonds is 7. The number of fused-ring (bicyclic) bond motifs is 2. The number of hydrogen-bond donors (Lipinski definition) is 4. The molecule has 1 aromatic carbocycles. The van der Waals surface area contributed by atoms with E-state index in [1.807, 2.05) is 18.2 Å². The van der Waals surface area contributed by atoms with E-state index in [2.05, 4.69) is 25.8 Å². The van der Waals surface area contributed by atoms with Crippen molar-refractivity contribution in [3.63, 3.8) is 0 Å². The van der Waals surface area contributed by atoms with E-state index in [1.165, 1.54) is 0 Å². The zero-order chi connectivity index (χ0) is 24.2. The van der Waals surface area contributed by atoms with Crippen molar-refractivity contribution in [1.29, 1.82) is 0 Å². The largest absolute Gasteiger partial charge is 0.450 e.